The van der Waals surface area contributed by atoms with E-state index in [1.165, 1.54) is 14.2 Å². The van der Waals surface area contributed by atoms with Crippen LogP contribution in [0.2, 0.25) is 0 Å². The Bertz CT molecular complexity index is 482. The summed E-state index contributed by atoms with van der Waals surface area (Å²) in [5.74, 6) is -1.28. The van der Waals surface area contributed by atoms with Gasteiger partial charge in [0, 0.05) is 19.1 Å². The Morgan fingerprint density at radius 3 is 2.42 bits per heavy atom. The largest absolute Gasteiger partial charge is 0.392 e. The molecule has 0 amide bonds. The van der Waals surface area contributed by atoms with Gasteiger partial charge in [0.25, 0.3) is 0 Å². The van der Waals surface area contributed by atoms with Gasteiger partial charge in [-0.2, -0.15) is 0 Å². The summed E-state index contributed by atoms with van der Waals surface area (Å²) in [5.41, 5.74) is 9.35. The summed E-state index contributed by atoms with van der Waals surface area (Å²) in [4.78, 5) is 2.59. The highest BCUT2D eigenvalue weighted by atomic mass is 31.2. The van der Waals surface area contributed by atoms with Crippen molar-refractivity contribution in [1.29, 1.82) is 0 Å². The third-order valence-electron chi connectivity index (χ3n) is 2.63. The molecule has 2 atom stereocenters. The van der Waals surface area contributed by atoms with E-state index in [-0.39, 0.29) is 6.42 Å². The zero-order valence-corrected chi connectivity index (χ0v) is 11.6. The summed E-state index contributed by atoms with van der Waals surface area (Å²) in [7, 11) is -1.31. The topological polar surface area (TPSA) is 105 Å². The summed E-state index contributed by atoms with van der Waals surface area (Å²) in [6.45, 7) is 0. The first-order valence-corrected chi connectivity index (χ1v) is 7.16. The molecule has 19 heavy (non-hydrogen) atoms. The van der Waals surface area contributed by atoms with Gasteiger partial charge in [-0.3, -0.25) is 4.57 Å². The predicted octanol–water partition coefficient (Wildman–Crippen LogP) is 2.71. The van der Waals surface area contributed by atoms with Gasteiger partial charge in [-0.1, -0.05) is 35.4 Å². The minimum atomic E-state index is -3.67. The van der Waals surface area contributed by atoms with Crippen LogP contribution in [0.4, 0.5) is 0 Å². The molecule has 0 radical (unpaired) electrons. The Hall–Kier alpha value is -1.36. The summed E-state index contributed by atoms with van der Waals surface area (Å²) in [6, 6.07) is 9.09. The number of hydrogen-bond donors (Lipinski definition) is 1. The second kappa shape index (κ2) is 7.28. The lowest BCUT2D eigenvalue weighted by atomic mass is 10.1. The monoisotopic (exact) mass is 285 g/mol. The average molecular weight is 285 g/mol. The van der Waals surface area contributed by atoms with E-state index in [9.17, 15) is 9.67 Å². The summed E-state index contributed by atoms with van der Waals surface area (Å²) >= 11 is 0. The Balaban J connectivity index is 2.94. The van der Waals surface area contributed by atoms with Crippen molar-refractivity contribution in [2.24, 2.45) is 5.11 Å². The Labute approximate surface area is 111 Å². The number of aliphatic hydroxyl groups is 1. The number of nitrogens with zero attached hydrogens (tertiary/aromatic N) is 3. The van der Waals surface area contributed by atoms with Gasteiger partial charge in [0.15, 0.2) is 5.78 Å². The van der Waals surface area contributed by atoms with Crippen LogP contribution in [-0.4, -0.2) is 31.2 Å². The fraction of sp³-hybridized carbons (Fsp3) is 0.455. The molecule has 0 bridgehead atoms. The van der Waals surface area contributed by atoms with Crippen LogP contribution in [0.15, 0.2) is 35.4 Å². The highest BCUT2D eigenvalue weighted by Gasteiger charge is 2.38. The average Bonchev–Trinajstić information content (AvgIpc) is 2.45. The van der Waals surface area contributed by atoms with Crippen molar-refractivity contribution < 1.29 is 18.7 Å². The molecule has 0 aliphatic rings. The number of benzene rings is 1. The van der Waals surface area contributed by atoms with Gasteiger partial charge in [-0.05, 0) is 17.5 Å². The van der Waals surface area contributed by atoms with E-state index in [2.05, 4.69) is 10.0 Å². The van der Waals surface area contributed by atoms with Gasteiger partial charge in [-0.25, -0.2) is 0 Å². The molecule has 0 aliphatic carbocycles. The van der Waals surface area contributed by atoms with E-state index < -0.39 is 19.5 Å². The lowest BCUT2D eigenvalue weighted by Crippen LogP contribution is -2.27. The van der Waals surface area contributed by atoms with Crippen LogP contribution in [0.25, 0.3) is 10.4 Å². The second-order valence-electron chi connectivity index (χ2n) is 3.78. The molecule has 7 nitrogen and oxygen atoms in total. The van der Waals surface area contributed by atoms with Gasteiger partial charge in [0.05, 0.1) is 6.10 Å². The lowest BCUT2D eigenvalue weighted by Gasteiger charge is -2.24. The Kier molecular flexibility index (Phi) is 6.02. The van der Waals surface area contributed by atoms with Crippen LogP contribution >= 0.6 is 7.60 Å². The van der Waals surface area contributed by atoms with Crippen molar-refractivity contribution in [1.82, 2.24) is 0 Å². The Morgan fingerprint density at radius 2 is 1.95 bits per heavy atom. The number of hydrogen-bond acceptors (Lipinski definition) is 5. The summed E-state index contributed by atoms with van der Waals surface area (Å²) in [5, 5.41) is 13.4. The van der Waals surface area contributed by atoms with Gasteiger partial charge >= 0.3 is 7.60 Å². The molecule has 8 heteroatoms. The molecule has 0 aromatic heterocycles. The predicted molar refractivity (Wildman–Crippen MR) is 70.7 cm³/mol. The normalized spacial score (nSPS) is 14.5. The highest BCUT2D eigenvalue weighted by molar-refractivity contribution is 7.54. The van der Waals surface area contributed by atoms with Gasteiger partial charge in [0.1, 0.15) is 0 Å². The highest BCUT2D eigenvalue weighted by Crippen LogP contribution is 2.53. The SMILES string of the molecule is COP(=O)(OC)[C@@H](N=[N+]=[N-])[C@@H](O)Cc1ccccc1. The first-order chi connectivity index (χ1) is 9.07. The maximum Gasteiger partial charge on any atom is 0.341 e. The van der Waals surface area contributed by atoms with Crippen molar-refractivity contribution >= 4 is 7.60 Å². The molecule has 1 rings (SSSR count). The van der Waals surface area contributed by atoms with Crippen molar-refractivity contribution in [3.05, 3.63) is 46.3 Å². The van der Waals surface area contributed by atoms with Gasteiger partial charge in [-0.15, -0.1) is 0 Å². The van der Waals surface area contributed by atoms with Gasteiger partial charge in [0.2, 0.25) is 0 Å². The van der Waals surface area contributed by atoms with E-state index >= 15 is 0 Å². The first kappa shape index (κ1) is 15.7. The second-order valence-corrected chi connectivity index (χ2v) is 6.12. The van der Waals surface area contributed by atoms with E-state index in [1.807, 2.05) is 18.2 Å². The molecule has 1 aromatic rings. The van der Waals surface area contributed by atoms with Crippen LogP contribution < -0.4 is 0 Å². The molecule has 0 saturated heterocycles. The van der Waals surface area contributed by atoms with Crippen LogP contribution in [0.1, 0.15) is 5.56 Å². The lowest BCUT2D eigenvalue weighted by molar-refractivity contribution is 0.149. The zero-order valence-electron chi connectivity index (χ0n) is 10.7. The maximum atomic E-state index is 12.2. The molecule has 1 N–H and O–H groups in total. The molecule has 0 unspecified atom stereocenters. The molecule has 1 aromatic carbocycles. The smallest absolute Gasteiger partial charge is 0.341 e. The molecule has 0 saturated carbocycles. The van der Waals surface area contributed by atoms with E-state index in [1.54, 1.807) is 12.1 Å². The minimum absolute atomic E-state index is 0.182. The van der Waals surface area contributed by atoms with Crippen molar-refractivity contribution in [3.8, 4) is 0 Å². The zero-order chi connectivity index (χ0) is 14.3. The quantitative estimate of drug-likeness (QED) is 0.360. The van der Waals surface area contributed by atoms with Crippen molar-refractivity contribution in [2.45, 2.75) is 18.3 Å². The van der Waals surface area contributed by atoms with Crippen LogP contribution in [0, 0.1) is 0 Å². The number of rotatable bonds is 7. The van der Waals surface area contributed by atoms with Crippen molar-refractivity contribution in [3.63, 3.8) is 0 Å². The van der Waals surface area contributed by atoms with Crippen molar-refractivity contribution in [2.75, 3.05) is 14.2 Å². The molecule has 0 fully saturated rings. The van der Waals surface area contributed by atoms with Crippen LogP contribution in [-0.2, 0) is 20.0 Å². The molecule has 0 heterocycles. The molecular weight excluding hydrogens is 269 g/mol. The molecular formula is C11H16N3O4P. The third kappa shape index (κ3) is 4.06. The van der Waals surface area contributed by atoms with E-state index in [4.69, 9.17) is 14.6 Å². The first-order valence-electron chi connectivity index (χ1n) is 5.54. The van der Waals surface area contributed by atoms with E-state index in [0.717, 1.165) is 5.56 Å². The summed E-state index contributed by atoms with van der Waals surface area (Å²) < 4.78 is 21.7. The van der Waals surface area contributed by atoms with Gasteiger partial charge < -0.3 is 14.2 Å². The van der Waals surface area contributed by atoms with Crippen LogP contribution in [0.3, 0.4) is 0 Å². The van der Waals surface area contributed by atoms with Crippen LogP contribution in [0.5, 0.6) is 0 Å². The fourth-order valence-corrected chi connectivity index (χ4v) is 2.94. The molecule has 0 aliphatic heterocycles. The molecule has 104 valence electrons. The number of aliphatic hydroxyl groups excluding tert-OH is 1. The maximum absolute atomic E-state index is 12.2. The minimum Gasteiger partial charge on any atom is -0.392 e. The summed E-state index contributed by atoms with van der Waals surface area (Å²) in [6.07, 6.45) is -0.981. The Morgan fingerprint density at radius 1 is 1.37 bits per heavy atom. The van der Waals surface area contributed by atoms with E-state index in [0.29, 0.717) is 0 Å². The third-order valence-corrected chi connectivity index (χ3v) is 4.75. The number of azide groups is 1. The fourth-order valence-electron chi connectivity index (χ4n) is 1.66. The molecule has 0 spiro atoms. The standard InChI is InChI=1S/C11H16N3O4P/c1-17-19(16,18-2)11(13-14-12)10(15)8-9-6-4-3-5-7-9/h3-7,10-11,15H,8H2,1-2H3/t10-,11+/m0/s1.